The molecule has 6 rings (SSSR count). The summed E-state index contributed by atoms with van der Waals surface area (Å²) in [5.74, 6) is 3.51. The Hall–Kier alpha value is -0.870. The van der Waals surface area contributed by atoms with Gasteiger partial charge in [0.2, 0.25) is 0 Å². The molecule has 6 aliphatic rings. The van der Waals surface area contributed by atoms with Gasteiger partial charge < -0.3 is 14.9 Å². The zero-order valence-electron chi connectivity index (χ0n) is 20.1. The van der Waals surface area contributed by atoms with E-state index in [-0.39, 0.29) is 11.9 Å². The van der Waals surface area contributed by atoms with Gasteiger partial charge in [-0.15, -0.1) is 0 Å². The van der Waals surface area contributed by atoms with Crippen LogP contribution in [-0.2, 0) is 4.79 Å². The predicted molar refractivity (Wildman–Crippen MR) is 122 cm³/mol. The Morgan fingerprint density at radius 2 is 1.84 bits per heavy atom. The van der Waals surface area contributed by atoms with Crippen LogP contribution in [0.3, 0.4) is 0 Å². The average molecular weight is 427 g/mol. The molecular weight excluding hydrogens is 384 g/mol. The second kappa shape index (κ2) is 6.59. The highest BCUT2D eigenvalue weighted by atomic mass is 16.3. The molecule has 1 aliphatic heterocycles. The number of likely N-dealkylation sites (N-methyl/N-ethyl adjacent to an activating group) is 1. The van der Waals surface area contributed by atoms with Crippen molar-refractivity contribution in [3.63, 3.8) is 0 Å². The number of aliphatic hydroxyl groups is 1. The van der Waals surface area contributed by atoms with Crippen LogP contribution in [0, 0.1) is 34.5 Å². The Labute approximate surface area is 188 Å². The number of carbonyl (C=O) groups excluding carboxylic acids is 1. The molecule has 31 heavy (non-hydrogen) atoms. The first-order valence-electron chi connectivity index (χ1n) is 13.1. The van der Waals surface area contributed by atoms with Crippen LogP contribution in [0.5, 0.6) is 0 Å². The van der Waals surface area contributed by atoms with Gasteiger partial charge in [0.15, 0.2) is 0 Å². The third-order valence-electron chi connectivity index (χ3n) is 11.7. The largest absolute Gasteiger partial charge is 0.380 e. The van der Waals surface area contributed by atoms with Crippen LogP contribution in [-0.4, -0.2) is 59.1 Å². The fraction of sp³-hybridized carbons (Fsp3) is 0.889. The molecule has 0 bridgehead atoms. The topological polar surface area (TPSA) is 43.8 Å². The molecule has 0 aromatic rings. The van der Waals surface area contributed by atoms with Crippen LogP contribution in [0.1, 0.15) is 78.1 Å². The van der Waals surface area contributed by atoms with E-state index >= 15 is 0 Å². The first-order chi connectivity index (χ1) is 14.7. The number of rotatable bonds is 2. The van der Waals surface area contributed by atoms with Gasteiger partial charge >= 0.3 is 0 Å². The van der Waals surface area contributed by atoms with Crippen molar-refractivity contribution in [2.24, 2.45) is 34.5 Å². The number of hydrogen-bond donors (Lipinski definition) is 1. The average Bonchev–Trinajstić information content (AvgIpc) is 3.32. The summed E-state index contributed by atoms with van der Waals surface area (Å²) >= 11 is 0. The van der Waals surface area contributed by atoms with Gasteiger partial charge in [-0.05, 0) is 113 Å². The van der Waals surface area contributed by atoms with E-state index in [1.165, 1.54) is 45.1 Å². The van der Waals surface area contributed by atoms with Gasteiger partial charge in [0.25, 0.3) is 5.91 Å². The predicted octanol–water partition coefficient (Wildman–Crippen LogP) is 4.23. The maximum absolute atomic E-state index is 12.7. The molecule has 1 heterocycles. The first kappa shape index (κ1) is 20.7. The summed E-state index contributed by atoms with van der Waals surface area (Å²) in [7, 11) is 4.29. The van der Waals surface area contributed by atoms with E-state index in [0.29, 0.717) is 23.7 Å². The van der Waals surface area contributed by atoms with E-state index in [9.17, 15) is 9.90 Å². The van der Waals surface area contributed by atoms with Crippen molar-refractivity contribution < 1.29 is 9.90 Å². The van der Waals surface area contributed by atoms with Crippen molar-refractivity contribution >= 4 is 5.91 Å². The molecule has 0 radical (unpaired) electrons. The molecule has 5 aliphatic carbocycles. The molecule has 1 unspecified atom stereocenters. The number of amides is 1. The van der Waals surface area contributed by atoms with Gasteiger partial charge in [-0.3, -0.25) is 4.79 Å². The van der Waals surface area contributed by atoms with Gasteiger partial charge in [-0.2, -0.15) is 0 Å². The zero-order chi connectivity index (χ0) is 21.8. The van der Waals surface area contributed by atoms with Crippen molar-refractivity contribution in [3.8, 4) is 0 Å². The summed E-state index contributed by atoms with van der Waals surface area (Å²) < 4.78 is 0. The van der Waals surface area contributed by atoms with Crippen LogP contribution < -0.4 is 0 Å². The van der Waals surface area contributed by atoms with Crippen LogP contribution in [0.2, 0.25) is 0 Å². The number of likely N-dealkylation sites (tertiary alicyclic amines) is 1. The van der Waals surface area contributed by atoms with Crippen LogP contribution in [0.4, 0.5) is 0 Å². The second-order valence-corrected chi connectivity index (χ2v) is 12.7. The van der Waals surface area contributed by atoms with E-state index < -0.39 is 5.60 Å². The van der Waals surface area contributed by atoms with E-state index in [4.69, 9.17) is 0 Å². The minimum absolute atomic E-state index is 0.0357. The third kappa shape index (κ3) is 2.70. The monoisotopic (exact) mass is 426 g/mol. The molecule has 4 heteroatoms. The number of nitrogens with zero attached hydrogens (tertiary/aromatic N) is 2. The summed E-state index contributed by atoms with van der Waals surface area (Å²) in [6, 6.07) is 1.03. The molecule has 5 fully saturated rings. The minimum atomic E-state index is -1.04. The number of hydrogen-bond acceptors (Lipinski definition) is 3. The summed E-state index contributed by atoms with van der Waals surface area (Å²) in [6.07, 6.45) is 14.3. The molecule has 172 valence electrons. The number of carbonyl (C=O) groups is 1. The smallest absolute Gasteiger partial charge is 0.254 e. The van der Waals surface area contributed by atoms with Crippen molar-refractivity contribution in [3.05, 3.63) is 11.6 Å². The molecular formula is C27H42N2O2. The molecule has 1 N–H and O–H groups in total. The van der Waals surface area contributed by atoms with Crippen molar-refractivity contribution in [1.82, 2.24) is 9.80 Å². The van der Waals surface area contributed by atoms with E-state index in [1.54, 1.807) is 5.57 Å². The zero-order valence-corrected chi connectivity index (χ0v) is 20.1. The summed E-state index contributed by atoms with van der Waals surface area (Å²) in [6.45, 7) is 6.37. The standard InChI is InChI=1S/C27H42N2O2/c1-17-21-7-8-23-20-6-5-18-15-19(29(4)24(30)27(31)13-14-27)9-11-25(18,2)22(20)10-12-26(21,23)16-28(17)3/h5,17,19-23,31H,6-16H2,1-4H3/t17-,19-,20+,21+,22-,23-,25-,26?/m0/s1. The normalized spacial score (nSPS) is 50.0. The van der Waals surface area contributed by atoms with Gasteiger partial charge in [0, 0.05) is 25.7 Å². The quantitative estimate of drug-likeness (QED) is 0.672. The van der Waals surface area contributed by atoms with Gasteiger partial charge in [0.1, 0.15) is 5.60 Å². The van der Waals surface area contributed by atoms with E-state index in [1.807, 2.05) is 11.9 Å². The lowest BCUT2D eigenvalue weighted by Gasteiger charge is -2.58. The van der Waals surface area contributed by atoms with Crippen LogP contribution in [0.25, 0.3) is 0 Å². The maximum Gasteiger partial charge on any atom is 0.254 e. The Balaban J connectivity index is 1.23. The molecule has 0 aromatic heterocycles. The fourth-order valence-electron chi connectivity index (χ4n) is 9.60. The number of allylic oxidation sites excluding steroid dienone is 1. The van der Waals surface area contributed by atoms with Crippen molar-refractivity contribution in [2.45, 2.75) is 95.7 Å². The summed E-state index contributed by atoms with van der Waals surface area (Å²) in [5, 5.41) is 10.3. The Kier molecular flexibility index (Phi) is 4.41. The minimum Gasteiger partial charge on any atom is -0.380 e. The van der Waals surface area contributed by atoms with Gasteiger partial charge in [0.05, 0.1) is 0 Å². The van der Waals surface area contributed by atoms with Crippen LogP contribution >= 0.6 is 0 Å². The highest BCUT2D eigenvalue weighted by Gasteiger charge is 2.64. The lowest BCUT2D eigenvalue weighted by molar-refractivity contribution is -0.144. The van der Waals surface area contributed by atoms with Gasteiger partial charge in [-0.25, -0.2) is 0 Å². The molecule has 1 amide bonds. The Morgan fingerprint density at radius 3 is 2.58 bits per heavy atom. The van der Waals surface area contributed by atoms with Crippen molar-refractivity contribution in [2.75, 3.05) is 20.6 Å². The highest BCUT2D eigenvalue weighted by molar-refractivity contribution is 5.87. The fourth-order valence-corrected chi connectivity index (χ4v) is 9.60. The molecule has 4 nitrogen and oxygen atoms in total. The Morgan fingerprint density at radius 1 is 1.10 bits per heavy atom. The van der Waals surface area contributed by atoms with Gasteiger partial charge in [-0.1, -0.05) is 18.6 Å². The highest BCUT2D eigenvalue weighted by Crippen LogP contribution is 2.68. The molecule has 1 saturated heterocycles. The SMILES string of the molecule is C[C@H]1[C@H]2CC[C@H]3[C@@H]4CC=C5C[C@@H](N(C)C(=O)C6(O)CC6)CC[C@]5(C)[C@H]4CCC23CN1C. The first-order valence-corrected chi connectivity index (χ1v) is 13.1. The Bertz CT molecular complexity index is 818. The lowest BCUT2D eigenvalue weighted by Crippen LogP contribution is -2.53. The maximum atomic E-state index is 12.7. The van der Waals surface area contributed by atoms with Crippen LogP contribution in [0.15, 0.2) is 11.6 Å². The third-order valence-corrected chi connectivity index (χ3v) is 11.7. The molecule has 4 saturated carbocycles. The second-order valence-electron chi connectivity index (χ2n) is 12.7. The molecule has 0 aromatic carbocycles. The molecule has 1 spiro atoms. The number of fused-ring (bicyclic) bond motifs is 4. The summed E-state index contributed by atoms with van der Waals surface area (Å²) in [5.41, 5.74) is 1.52. The lowest BCUT2D eigenvalue weighted by atomic mass is 9.47. The summed E-state index contributed by atoms with van der Waals surface area (Å²) in [4.78, 5) is 17.3. The molecule has 8 atom stereocenters. The van der Waals surface area contributed by atoms with Crippen molar-refractivity contribution in [1.29, 1.82) is 0 Å². The van der Waals surface area contributed by atoms with E-state index in [2.05, 4.69) is 31.9 Å². The van der Waals surface area contributed by atoms with E-state index in [0.717, 1.165) is 42.6 Å².